The number of hydrogen-bond acceptors (Lipinski definition) is 6. The maximum absolute atomic E-state index is 12.8. The van der Waals surface area contributed by atoms with Gasteiger partial charge in [-0.15, -0.1) is 0 Å². The van der Waals surface area contributed by atoms with Gasteiger partial charge in [-0.1, -0.05) is 0 Å². The Kier molecular flexibility index (Phi) is 7.54. The van der Waals surface area contributed by atoms with E-state index in [0.29, 0.717) is 36.1 Å². The van der Waals surface area contributed by atoms with Crippen molar-refractivity contribution in [1.82, 2.24) is 15.5 Å². The van der Waals surface area contributed by atoms with Gasteiger partial charge in [-0.2, -0.15) is 8.78 Å². The Morgan fingerprint density at radius 2 is 1.90 bits per heavy atom. The summed E-state index contributed by atoms with van der Waals surface area (Å²) in [5.74, 6) is 1.51. The zero-order valence-electron chi connectivity index (χ0n) is 17.7. The normalized spacial score (nSPS) is 18.0. The van der Waals surface area contributed by atoms with Gasteiger partial charge in [0, 0.05) is 43.5 Å². The number of halogens is 2. The van der Waals surface area contributed by atoms with Gasteiger partial charge in [-0.25, -0.2) is 4.99 Å². The van der Waals surface area contributed by atoms with Crippen molar-refractivity contribution < 1.29 is 27.7 Å². The first-order valence-electron chi connectivity index (χ1n) is 10.1. The molecule has 0 saturated carbocycles. The number of guanidine groups is 1. The summed E-state index contributed by atoms with van der Waals surface area (Å²) in [4.78, 5) is 6.80. The van der Waals surface area contributed by atoms with E-state index in [-0.39, 0.29) is 24.6 Å². The zero-order chi connectivity index (χ0) is 21.6. The molecule has 2 N–H and O–H groups in total. The number of alkyl halides is 2. The molecule has 0 atom stereocenters. The third-order valence-electron chi connectivity index (χ3n) is 5.48. The van der Waals surface area contributed by atoms with Crippen LogP contribution in [0.1, 0.15) is 25.3 Å². The molecule has 0 radical (unpaired) electrons. The lowest BCUT2D eigenvalue weighted by Crippen LogP contribution is -2.57. The molecule has 0 bridgehead atoms. The summed E-state index contributed by atoms with van der Waals surface area (Å²) in [6, 6.07) is 3.05. The van der Waals surface area contributed by atoms with Crippen LogP contribution in [0.15, 0.2) is 17.1 Å². The smallest absolute Gasteiger partial charge is 0.387 e. The van der Waals surface area contributed by atoms with E-state index in [1.165, 1.54) is 6.07 Å². The number of nitrogens with one attached hydrogen (secondary N) is 2. The highest BCUT2D eigenvalue weighted by molar-refractivity contribution is 5.80. The molecule has 3 rings (SSSR count). The first-order valence-corrected chi connectivity index (χ1v) is 10.1. The van der Waals surface area contributed by atoms with Gasteiger partial charge in [0.2, 0.25) is 6.79 Å². The summed E-state index contributed by atoms with van der Waals surface area (Å²) in [6.45, 7) is 2.04. The minimum atomic E-state index is -2.94. The number of likely N-dealkylation sites (N-methyl/N-ethyl adjacent to an activating group) is 1. The van der Waals surface area contributed by atoms with Crippen molar-refractivity contribution in [3.63, 3.8) is 0 Å². The van der Waals surface area contributed by atoms with Crippen LogP contribution < -0.4 is 24.8 Å². The highest BCUT2D eigenvalue weighted by Crippen LogP contribution is 2.39. The fourth-order valence-corrected chi connectivity index (χ4v) is 3.58. The third-order valence-corrected chi connectivity index (χ3v) is 5.48. The molecular weight excluding hydrogens is 398 g/mol. The average molecular weight is 428 g/mol. The lowest BCUT2D eigenvalue weighted by Gasteiger charge is -2.43. The van der Waals surface area contributed by atoms with Crippen molar-refractivity contribution in [2.45, 2.75) is 38.5 Å². The number of fused-ring (bicyclic) bond motifs is 1. The van der Waals surface area contributed by atoms with E-state index in [1.54, 1.807) is 6.07 Å². The molecule has 1 aromatic carbocycles. The van der Waals surface area contributed by atoms with Crippen molar-refractivity contribution in [3.05, 3.63) is 17.7 Å². The maximum atomic E-state index is 12.8. The lowest BCUT2D eigenvalue weighted by atomic mass is 9.88. The Bertz CT molecular complexity index is 740. The molecule has 2 aliphatic rings. The van der Waals surface area contributed by atoms with Crippen LogP contribution in [0.4, 0.5) is 8.78 Å². The van der Waals surface area contributed by atoms with Crippen LogP contribution in [-0.2, 0) is 11.3 Å². The van der Waals surface area contributed by atoms with Gasteiger partial charge in [0.05, 0.1) is 6.54 Å². The van der Waals surface area contributed by atoms with Crippen LogP contribution in [0.5, 0.6) is 17.2 Å². The molecule has 0 aliphatic carbocycles. The molecule has 0 amide bonds. The maximum Gasteiger partial charge on any atom is 0.387 e. The van der Waals surface area contributed by atoms with Gasteiger partial charge >= 0.3 is 6.61 Å². The van der Waals surface area contributed by atoms with Gasteiger partial charge in [-0.3, -0.25) is 0 Å². The minimum Gasteiger partial charge on any atom is -0.454 e. The molecule has 168 valence electrons. The zero-order valence-corrected chi connectivity index (χ0v) is 17.7. The van der Waals surface area contributed by atoms with E-state index in [4.69, 9.17) is 14.2 Å². The first-order chi connectivity index (χ1) is 14.4. The SMILES string of the molecule is CCNC(=NCc1cc2c(cc1OC(F)F)OCO2)NCC1(N(C)C)CCOCC1. The molecule has 1 fully saturated rings. The second-order valence-corrected chi connectivity index (χ2v) is 7.47. The van der Waals surface area contributed by atoms with Crippen molar-refractivity contribution in [2.24, 2.45) is 4.99 Å². The predicted octanol–water partition coefficient (Wildman–Crippen LogP) is 2.18. The van der Waals surface area contributed by atoms with E-state index in [9.17, 15) is 8.78 Å². The van der Waals surface area contributed by atoms with Crippen LogP contribution in [0.2, 0.25) is 0 Å². The molecule has 0 spiro atoms. The largest absolute Gasteiger partial charge is 0.454 e. The van der Waals surface area contributed by atoms with E-state index < -0.39 is 6.61 Å². The molecule has 0 aromatic heterocycles. The van der Waals surface area contributed by atoms with Gasteiger partial charge in [0.1, 0.15) is 5.75 Å². The van der Waals surface area contributed by atoms with Gasteiger partial charge in [-0.05, 0) is 39.9 Å². The molecule has 0 unspecified atom stereocenters. The van der Waals surface area contributed by atoms with Crippen LogP contribution in [0.3, 0.4) is 0 Å². The Labute approximate surface area is 175 Å². The second kappa shape index (κ2) is 10.1. The van der Waals surface area contributed by atoms with E-state index in [2.05, 4.69) is 39.4 Å². The molecule has 1 saturated heterocycles. The van der Waals surface area contributed by atoms with Crippen molar-refractivity contribution in [2.75, 3.05) is 47.2 Å². The van der Waals surface area contributed by atoms with Crippen LogP contribution in [0, 0.1) is 0 Å². The Hall–Kier alpha value is -2.33. The fraction of sp³-hybridized carbons (Fsp3) is 0.650. The average Bonchev–Trinajstić information content (AvgIpc) is 3.17. The van der Waals surface area contributed by atoms with Crippen LogP contribution in [-0.4, -0.2) is 70.2 Å². The van der Waals surface area contributed by atoms with Gasteiger partial charge < -0.3 is 34.5 Å². The highest BCUT2D eigenvalue weighted by atomic mass is 19.3. The van der Waals surface area contributed by atoms with E-state index >= 15 is 0 Å². The highest BCUT2D eigenvalue weighted by Gasteiger charge is 2.34. The Balaban J connectivity index is 1.74. The summed E-state index contributed by atoms with van der Waals surface area (Å²) < 4.78 is 46.5. The summed E-state index contributed by atoms with van der Waals surface area (Å²) in [5.41, 5.74) is 0.460. The number of nitrogens with zero attached hydrogens (tertiary/aromatic N) is 2. The number of ether oxygens (including phenoxy) is 4. The molecule has 30 heavy (non-hydrogen) atoms. The Morgan fingerprint density at radius 1 is 1.20 bits per heavy atom. The summed E-state index contributed by atoms with van der Waals surface area (Å²) >= 11 is 0. The van der Waals surface area contributed by atoms with Crippen molar-refractivity contribution in [1.29, 1.82) is 0 Å². The minimum absolute atomic E-state index is 0.0306. The standard InChI is InChI=1S/C20H30F2N4O4/c1-4-23-19(25-12-20(26(2)3)5-7-27-8-6-20)24-11-14-9-16-17(29-13-28-16)10-15(14)30-18(21)22/h9-10,18H,4-8,11-13H2,1-3H3,(H2,23,24,25). The summed E-state index contributed by atoms with van der Waals surface area (Å²) in [7, 11) is 4.13. The predicted molar refractivity (Wildman–Crippen MR) is 108 cm³/mol. The first kappa shape index (κ1) is 22.4. The van der Waals surface area contributed by atoms with Gasteiger partial charge in [0.25, 0.3) is 0 Å². The number of benzene rings is 1. The number of hydrogen-bond donors (Lipinski definition) is 2. The molecular formula is C20H30F2N4O4. The summed E-state index contributed by atoms with van der Waals surface area (Å²) in [5, 5.41) is 6.60. The summed E-state index contributed by atoms with van der Waals surface area (Å²) in [6.07, 6.45) is 1.84. The van der Waals surface area contributed by atoms with E-state index in [1.807, 2.05) is 6.92 Å². The quantitative estimate of drug-likeness (QED) is 0.486. The van der Waals surface area contributed by atoms with Crippen molar-refractivity contribution >= 4 is 5.96 Å². The van der Waals surface area contributed by atoms with E-state index in [0.717, 1.165) is 26.1 Å². The molecule has 10 heteroatoms. The molecule has 1 aromatic rings. The Morgan fingerprint density at radius 3 is 2.53 bits per heavy atom. The number of rotatable bonds is 8. The lowest BCUT2D eigenvalue weighted by molar-refractivity contribution is -0.0505. The van der Waals surface area contributed by atoms with Crippen LogP contribution in [0.25, 0.3) is 0 Å². The fourth-order valence-electron chi connectivity index (χ4n) is 3.58. The number of aliphatic imine (C=N–C) groups is 1. The molecule has 2 heterocycles. The van der Waals surface area contributed by atoms with Crippen molar-refractivity contribution in [3.8, 4) is 17.2 Å². The third kappa shape index (κ3) is 5.42. The van der Waals surface area contributed by atoms with Crippen LogP contribution >= 0.6 is 0 Å². The molecule has 2 aliphatic heterocycles. The monoisotopic (exact) mass is 428 g/mol. The topological polar surface area (TPSA) is 76.6 Å². The molecule has 8 nitrogen and oxygen atoms in total. The second-order valence-electron chi connectivity index (χ2n) is 7.47. The van der Waals surface area contributed by atoms with Gasteiger partial charge in [0.15, 0.2) is 17.5 Å².